The summed E-state index contributed by atoms with van der Waals surface area (Å²) in [7, 11) is 0. The van der Waals surface area contributed by atoms with Gasteiger partial charge in [0, 0.05) is 23.6 Å². The van der Waals surface area contributed by atoms with Gasteiger partial charge in [0.25, 0.3) is 0 Å². The molecule has 0 aromatic heterocycles. The van der Waals surface area contributed by atoms with Crippen molar-refractivity contribution in [3.05, 3.63) is 34.3 Å². The van der Waals surface area contributed by atoms with E-state index in [4.69, 9.17) is 5.73 Å². The Balaban J connectivity index is 2.17. The number of hydrogen-bond donors (Lipinski definition) is 1. The van der Waals surface area contributed by atoms with Crippen LogP contribution in [-0.4, -0.2) is 24.5 Å². The Labute approximate surface area is 112 Å². The van der Waals surface area contributed by atoms with E-state index in [-0.39, 0.29) is 0 Å². The van der Waals surface area contributed by atoms with Crippen LogP contribution >= 0.6 is 15.9 Å². The second-order valence-electron chi connectivity index (χ2n) is 5.69. The average Bonchev–Trinajstić information content (AvgIpc) is 2.60. The van der Waals surface area contributed by atoms with Gasteiger partial charge in [-0.15, -0.1) is 0 Å². The summed E-state index contributed by atoms with van der Waals surface area (Å²) in [5.41, 5.74) is 7.72. The van der Waals surface area contributed by atoms with E-state index in [2.05, 4.69) is 58.9 Å². The lowest BCUT2D eigenvalue weighted by Gasteiger charge is -2.28. The zero-order chi connectivity index (χ0) is 12.5. The molecule has 0 spiro atoms. The molecule has 1 fully saturated rings. The molecule has 3 heteroatoms. The maximum atomic E-state index is 5.97. The summed E-state index contributed by atoms with van der Waals surface area (Å²) in [5.74, 6) is 0. The van der Waals surface area contributed by atoms with Gasteiger partial charge in [-0.25, -0.2) is 0 Å². The average molecular weight is 297 g/mol. The molecule has 0 amide bonds. The van der Waals surface area contributed by atoms with Gasteiger partial charge < -0.3 is 5.73 Å². The minimum Gasteiger partial charge on any atom is -0.329 e. The number of nitrogens with two attached hydrogens (primary N) is 1. The summed E-state index contributed by atoms with van der Waals surface area (Å²) in [6.45, 7) is 7.65. The second kappa shape index (κ2) is 5.09. The van der Waals surface area contributed by atoms with Gasteiger partial charge in [0.2, 0.25) is 0 Å². The molecule has 0 radical (unpaired) electrons. The SMILES string of the molecule is CC1(C)CCN(C(CN)c2cccc(Br)c2)C1. The molecule has 1 atom stereocenters. The summed E-state index contributed by atoms with van der Waals surface area (Å²) in [4.78, 5) is 2.52. The molecular weight excluding hydrogens is 276 g/mol. The summed E-state index contributed by atoms with van der Waals surface area (Å²) >= 11 is 3.53. The molecule has 2 rings (SSSR count). The van der Waals surface area contributed by atoms with Crippen LogP contribution in [0.25, 0.3) is 0 Å². The van der Waals surface area contributed by atoms with Crippen LogP contribution in [-0.2, 0) is 0 Å². The predicted octanol–water partition coefficient (Wildman–Crippen LogP) is 3.18. The van der Waals surface area contributed by atoms with Crippen LogP contribution < -0.4 is 5.73 Å². The highest BCUT2D eigenvalue weighted by molar-refractivity contribution is 9.10. The molecule has 1 saturated heterocycles. The summed E-state index contributed by atoms with van der Waals surface area (Å²) in [5, 5.41) is 0. The Kier molecular flexibility index (Phi) is 3.91. The molecular formula is C14H21BrN2. The van der Waals surface area contributed by atoms with E-state index in [1.165, 1.54) is 12.0 Å². The first-order chi connectivity index (χ1) is 8.02. The fourth-order valence-electron chi connectivity index (χ4n) is 2.63. The van der Waals surface area contributed by atoms with Gasteiger partial charge in [-0.2, -0.15) is 0 Å². The minimum atomic E-state index is 0.356. The first kappa shape index (κ1) is 13.1. The monoisotopic (exact) mass is 296 g/mol. The van der Waals surface area contributed by atoms with Crippen molar-refractivity contribution in [1.29, 1.82) is 0 Å². The number of halogens is 1. The van der Waals surface area contributed by atoms with E-state index >= 15 is 0 Å². The molecule has 1 aromatic carbocycles. The predicted molar refractivity (Wildman–Crippen MR) is 75.9 cm³/mol. The van der Waals surface area contributed by atoms with Gasteiger partial charge in [0.1, 0.15) is 0 Å². The first-order valence-corrected chi connectivity index (χ1v) is 7.01. The van der Waals surface area contributed by atoms with Crippen LogP contribution in [0.1, 0.15) is 31.9 Å². The molecule has 1 aromatic rings. The van der Waals surface area contributed by atoms with Gasteiger partial charge in [-0.3, -0.25) is 4.90 Å². The fraction of sp³-hybridized carbons (Fsp3) is 0.571. The fourth-order valence-corrected chi connectivity index (χ4v) is 3.05. The summed E-state index contributed by atoms with van der Waals surface area (Å²) < 4.78 is 1.13. The number of likely N-dealkylation sites (tertiary alicyclic amines) is 1. The minimum absolute atomic E-state index is 0.356. The van der Waals surface area contributed by atoms with E-state index in [0.29, 0.717) is 18.0 Å². The largest absolute Gasteiger partial charge is 0.329 e. The zero-order valence-corrected chi connectivity index (χ0v) is 12.2. The lowest BCUT2D eigenvalue weighted by atomic mass is 9.93. The molecule has 0 bridgehead atoms. The molecule has 17 heavy (non-hydrogen) atoms. The lowest BCUT2D eigenvalue weighted by molar-refractivity contribution is 0.223. The number of benzene rings is 1. The highest BCUT2D eigenvalue weighted by Crippen LogP contribution is 2.34. The number of hydrogen-bond acceptors (Lipinski definition) is 2. The van der Waals surface area contributed by atoms with Crippen LogP contribution in [0, 0.1) is 5.41 Å². The number of nitrogens with zero attached hydrogens (tertiary/aromatic N) is 1. The molecule has 1 aliphatic rings. The lowest BCUT2D eigenvalue weighted by Crippen LogP contribution is -2.33. The van der Waals surface area contributed by atoms with Crippen LogP contribution in [0.3, 0.4) is 0 Å². The summed E-state index contributed by atoms with van der Waals surface area (Å²) in [6.07, 6.45) is 1.26. The Morgan fingerprint density at radius 3 is 2.76 bits per heavy atom. The highest BCUT2D eigenvalue weighted by Gasteiger charge is 2.33. The normalized spacial score (nSPS) is 21.6. The van der Waals surface area contributed by atoms with Crippen LogP contribution in [0.4, 0.5) is 0 Å². The van der Waals surface area contributed by atoms with Crippen molar-refractivity contribution in [2.75, 3.05) is 19.6 Å². The van der Waals surface area contributed by atoms with Crippen molar-refractivity contribution >= 4 is 15.9 Å². The van der Waals surface area contributed by atoms with E-state index in [1.54, 1.807) is 0 Å². The van der Waals surface area contributed by atoms with Crippen molar-refractivity contribution in [2.24, 2.45) is 11.1 Å². The Hall–Kier alpha value is -0.380. The molecule has 0 aliphatic carbocycles. The highest BCUT2D eigenvalue weighted by atomic mass is 79.9. The molecule has 2 N–H and O–H groups in total. The number of rotatable bonds is 3. The smallest absolute Gasteiger partial charge is 0.0471 e. The van der Waals surface area contributed by atoms with Crippen molar-refractivity contribution in [1.82, 2.24) is 4.90 Å². The molecule has 2 nitrogen and oxygen atoms in total. The second-order valence-corrected chi connectivity index (χ2v) is 6.61. The third-order valence-electron chi connectivity index (χ3n) is 3.60. The van der Waals surface area contributed by atoms with Crippen molar-refractivity contribution < 1.29 is 0 Å². The van der Waals surface area contributed by atoms with Crippen LogP contribution in [0.15, 0.2) is 28.7 Å². The Bertz CT molecular complexity index is 390. The molecule has 1 heterocycles. The quantitative estimate of drug-likeness (QED) is 0.928. The topological polar surface area (TPSA) is 29.3 Å². The molecule has 0 saturated carbocycles. The van der Waals surface area contributed by atoms with Gasteiger partial charge in [0.05, 0.1) is 0 Å². The van der Waals surface area contributed by atoms with Crippen molar-refractivity contribution in [3.63, 3.8) is 0 Å². The molecule has 1 unspecified atom stereocenters. The first-order valence-electron chi connectivity index (χ1n) is 6.21. The molecule has 94 valence electrons. The van der Waals surface area contributed by atoms with Gasteiger partial charge in [-0.1, -0.05) is 41.9 Å². The third-order valence-corrected chi connectivity index (χ3v) is 4.10. The Morgan fingerprint density at radius 1 is 1.47 bits per heavy atom. The summed E-state index contributed by atoms with van der Waals surface area (Å²) in [6, 6.07) is 8.86. The van der Waals surface area contributed by atoms with Crippen molar-refractivity contribution in [2.45, 2.75) is 26.3 Å². The van der Waals surface area contributed by atoms with Crippen LogP contribution in [0.2, 0.25) is 0 Å². The van der Waals surface area contributed by atoms with Crippen molar-refractivity contribution in [3.8, 4) is 0 Å². The van der Waals surface area contributed by atoms with E-state index < -0.39 is 0 Å². The van der Waals surface area contributed by atoms with E-state index in [1.807, 2.05) is 0 Å². The van der Waals surface area contributed by atoms with Gasteiger partial charge >= 0.3 is 0 Å². The van der Waals surface area contributed by atoms with E-state index in [0.717, 1.165) is 17.6 Å². The maximum absolute atomic E-state index is 5.97. The van der Waals surface area contributed by atoms with Gasteiger partial charge in [0.15, 0.2) is 0 Å². The van der Waals surface area contributed by atoms with Gasteiger partial charge in [-0.05, 0) is 36.1 Å². The zero-order valence-electron chi connectivity index (χ0n) is 10.6. The van der Waals surface area contributed by atoms with Crippen LogP contribution in [0.5, 0.6) is 0 Å². The standard InChI is InChI=1S/C14H21BrN2/c1-14(2)6-7-17(10-14)13(9-16)11-4-3-5-12(15)8-11/h3-5,8,13H,6-7,9-10,16H2,1-2H3. The van der Waals surface area contributed by atoms with E-state index in [9.17, 15) is 0 Å². The molecule has 1 aliphatic heterocycles. The maximum Gasteiger partial charge on any atom is 0.0471 e. The third kappa shape index (κ3) is 3.09. The Morgan fingerprint density at radius 2 is 2.24 bits per heavy atom.